The first-order valence-electron chi connectivity index (χ1n) is 6.86. The Kier molecular flexibility index (Phi) is 5.66. The van der Waals surface area contributed by atoms with Crippen LogP contribution in [0, 0.1) is 11.8 Å². The molecule has 1 aromatic heterocycles. The number of ether oxygens (including phenoxy) is 1. The van der Waals surface area contributed by atoms with Gasteiger partial charge in [0.15, 0.2) is 0 Å². The molecule has 5 heteroatoms. The van der Waals surface area contributed by atoms with Gasteiger partial charge in [0, 0.05) is 30.5 Å². The zero-order chi connectivity index (χ0) is 13.5. The van der Waals surface area contributed by atoms with Gasteiger partial charge in [-0.1, -0.05) is 13.0 Å². The topological polar surface area (TPSA) is 50.4 Å². The third kappa shape index (κ3) is 5.20. The predicted octanol–water partition coefficient (Wildman–Crippen LogP) is 2.26. The molecule has 2 amide bonds. The number of urea groups is 1. The minimum absolute atomic E-state index is 0.0649. The summed E-state index contributed by atoms with van der Waals surface area (Å²) in [6, 6.07) is 4.14. The minimum Gasteiger partial charge on any atom is -0.381 e. The maximum absolute atomic E-state index is 11.6. The van der Waals surface area contributed by atoms with Gasteiger partial charge in [-0.25, -0.2) is 4.79 Å². The lowest BCUT2D eigenvalue weighted by Gasteiger charge is -2.14. The molecule has 2 atom stereocenters. The normalized spacial score (nSPS) is 20.2. The van der Waals surface area contributed by atoms with E-state index in [0.29, 0.717) is 24.9 Å². The van der Waals surface area contributed by atoms with Crippen LogP contribution in [-0.2, 0) is 11.2 Å². The van der Waals surface area contributed by atoms with Crippen LogP contribution in [0.3, 0.4) is 0 Å². The molecule has 106 valence electrons. The van der Waals surface area contributed by atoms with E-state index in [1.54, 1.807) is 11.3 Å². The number of hydrogen-bond acceptors (Lipinski definition) is 3. The number of nitrogens with one attached hydrogen (secondary N) is 2. The van der Waals surface area contributed by atoms with E-state index in [2.05, 4.69) is 35.1 Å². The summed E-state index contributed by atoms with van der Waals surface area (Å²) >= 11 is 1.77. The molecule has 0 radical (unpaired) electrons. The van der Waals surface area contributed by atoms with E-state index in [-0.39, 0.29) is 6.03 Å². The largest absolute Gasteiger partial charge is 0.381 e. The van der Waals surface area contributed by atoms with Crippen molar-refractivity contribution >= 4 is 17.4 Å². The Bertz CT molecular complexity index is 375. The molecule has 1 fully saturated rings. The number of thiophene rings is 1. The van der Waals surface area contributed by atoms with Crippen molar-refractivity contribution in [3.05, 3.63) is 22.4 Å². The predicted molar refractivity (Wildman–Crippen MR) is 77.5 cm³/mol. The van der Waals surface area contributed by atoms with Crippen molar-refractivity contribution in [2.75, 3.05) is 26.3 Å². The molecule has 0 saturated carbocycles. The summed E-state index contributed by atoms with van der Waals surface area (Å²) in [5.74, 6) is 0.938. The van der Waals surface area contributed by atoms with Gasteiger partial charge in [0.2, 0.25) is 0 Å². The summed E-state index contributed by atoms with van der Waals surface area (Å²) in [7, 11) is 0. The second-order valence-electron chi connectivity index (χ2n) is 5.21. The van der Waals surface area contributed by atoms with E-state index in [9.17, 15) is 4.79 Å². The first-order chi connectivity index (χ1) is 9.24. The van der Waals surface area contributed by atoms with Crippen LogP contribution in [0.15, 0.2) is 17.5 Å². The van der Waals surface area contributed by atoms with Crippen LogP contribution in [-0.4, -0.2) is 32.3 Å². The SMILES string of the molecule is CC(CNC(=O)NCC1CCOC1)Cc1cccs1. The maximum Gasteiger partial charge on any atom is 0.314 e. The van der Waals surface area contributed by atoms with Gasteiger partial charge in [0.05, 0.1) is 6.61 Å². The number of rotatable bonds is 6. The van der Waals surface area contributed by atoms with Crippen LogP contribution >= 0.6 is 11.3 Å². The molecular weight excluding hydrogens is 260 g/mol. The average Bonchev–Trinajstić information content (AvgIpc) is 3.06. The molecule has 0 aromatic carbocycles. The van der Waals surface area contributed by atoms with Gasteiger partial charge in [0.1, 0.15) is 0 Å². The zero-order valence-corrected chi connectivity index (χ0v) is 12.2. The molecular formula is C14H22N2O2S. The van der Waals surface area contributed by atoms with Gasteiger partial charge in [0.25, 0.3) is 0 Å². The third-order valence-electron chi connectivity index (χ3n) is 3.32. The highest BCUT2D eigenvalue weighted by atomic mass is 32.1. The molecule has 2 heterocycles. The Morgan fingerprint density at radius 3 is 3.16 bits per heavy atom. The number of carbonyl (C=O) groups excluding carboxylic acids is 1. The van der Waals surface area contributed by atoms with Gasteiger partial charge in [-0.05, 0) is 30.2 Å². The zero-order valence-electron chi connectivity index (χ0n) is 11.4. The molecule has 0 aliphatic carbocycles. The average molecular weight is 282 g/mol. The van der Waals surface area contributed by atoms with Crippen molar-refractivity contribution in [1.29, 1.82) is 0 Å². The fourth-order valence-corrected chi connectivity index (χ4v) is 3.02. The molecule has 0 spiro atoms. The molecule has 1 saturated heterocycles. The number of carbonyl (C=O) groups is 1. The molecule has 2 N–H and O–H groups in total. The van der Waals surface area contributed by atoms with Crippen LogP contribution in [0.1, 0.15) is 18.2 Å². The van der Waals surface area contributed by atoms with Crippen molar-refractivity contribution in [1.82, 2.24) is 10.6 Å². The summed E-state index contributed by atoms with van der Waals surface area (Å²) < 4.78 is 5.28. The first kappa shape index (κ1) is 14.3. The molecule has 4 nitrogen and oxygen atoms in total. The second kappa shape index (κ2) is 7.50. The van der Waals surface area contributed by atoms with E-state index >= 15 is 0 Å². The van der Waals surface area contributed by atoms with Crippen LogP contribution < -0.4 is 10.6 Å². The second-order valence-corrected chi connectivity index (χ2v) is 6.24. The van der Waals surface area contributed by atoms with Crippen LogP contribution in [0.5, 0.6) is 0 Å². The van der Waals surface area contributed by atoms with E-state index in [1.165, 1.54) is 4.88 Å². The van der Waals surface area contributed by atoms with Gasteiger partial charge in [-0.15, -0.1) is 11.3 Å². The van der Waals surface area contributed by atoms with Crippen molar-refractivity contribution in [2.45, 2.75) is 19.8 Å². The highest BCUT2D eigenvalue weighted by Gasteiger charge is 2.16. The third-order valence-corrected chi connectivity index (χ3v) is 4.21. The van der Waals surface area contributed by atoms with Crippen LogP contribution in [0.25, 0.3) is 0 Å². The Morgan fingerprint density at radius 2 is 2.47 bits per heavy atom. The minimum atomic E-state index is -0.0649. The maximum atomic E-state index is 11.6. The highest BCUT2D eigenvalue weighted by Crippen LogP contribution is 2.13. The van der Waals surface area contributed by atoms with Gasteiger partial charge < -0.3 is 15.4 Å². The summed E-state index contributed by atoms with van der Waals surface area (Å²) in [4.78, 5) is 13.0. The summed E-state index contributed by atoms with van der Waals surface area (Å²) in [5, 5.41) is 7.93. The van der Waals surface area contributed by atoms with Crippen LogP contribution in [0.2, 0.25) is 0 Å². The van der Waals surface area contributed by atoms with Crippen molar-refractivity contribution in [3.8, 4) is 0 Å². The molecule has 1 aliphatic heterocycles. The Balaban J connectivity index is 1.57. The molecule has 1 aromatic rings. The van der Waals surface area contributed by atoms with E-state index in [4.69, 9.17) is 4.74 Å². The van der Waals surface area contributed by atoms with E-state index < -0.39 is 0 Å². The fourth-order valence-electron chi connectivity index (χ4n) is 2.16. The van der Waals surface area contributed by atoms with Gasteiger partial charge >= 0.3 is 6.03 Å². The molecule has 2 unspecified atom stereocenters. The quantitative estimate of drug-likeness (QED) is 0.841. The first-order valence-corrected chi connectivity index (χ1v) is 7.74. The lowest BCUT2D eigenvalue weighted by atomic mass is 10.1. The molecule has 1 aliphatic rings. The monoisotopic (exact) mass is 282 g/mol. The van der Waals surface area contributed by atoms with Crippen LogP contribution in [0.4, 0.5) is 4.79 Å². The molecule has 19 heavy (non-hydrogen) atoms. The lowest BCUT2D eigenvalue weighted by Crippen LogP contribution is -2.40. The molecule has 2 rings (SSSR count). The lowest BCUT2D eigenvalue weighted by molar-refractivity contribution is 0.185. The Morgan fingerprint density at radius 1 is 1.58 bits per heavy atom. The highest BCUT2D eigenvalue weighted by molar-refractivity contribution is 7.09. The Labute approximate surface area is 118 Å². The number of amides is 2. The van der Waals surface area contributed by atoms with E-state index in [1.807, 2.05) is 0 Å². The van der Waals surface area contributed by atoms with E-state index in [0.717, 1.165) is 26.1 Å². The van der Waals surface area contributed by atoms with Crippen molar-refractivity contribution in [3.63, 3.8) is 0 Å². The summed E-state index contributed by atoms with van der Waals surface area (Å²) in [5.41, 5.74) is 0. The number of hydrogen-bond donors (Lipinski definition) is 2. The summed E-state index contributed by atoms with van der Waals surface area (Å²) in [6.45, 7) is 5.18. The van der Waals surface area contributed by atoms with Crippen molar-refractivity contribution in [2.24, 2.45) is 11.8 Å². The fraction of sp³-hybridized carbons (Fsp3) is 0.643. The standard InChI is InChI=1S/C14H22N2O2S/c1-11(7-13-3-2-6-19-13)8-15-14(17)16-9-12-4-5-18-10-12/h2-3,6,11-12H,4-5,7-10H2,1H3,(H2,15,16,17). The Hall–Kier alpha value is -1.07. The van der Waals surface area contributed by atoms with Gasteiger partial charge in [-0.2, -0.15) is 0 Å². The smallest absolute Gasteiger partial charge is 0.314 e. The molecule has 0 bridgehead atoms. The summed E-state index contributed by atoms with van der Waals surface area (Å²) in [6.07, 6.45) is 2.07. The van der Waals surface area contributed by atoms with Gasteiger partial charge in [-0.3, -0.25) is 0 Å². The van der Waals surface area contributed by atoms with Crippen molar-refractivity contribution < 1.29 is 9.53 Å².